The van der Waals surface area contributed by atoms with Crippen molar-refractivity contribution >= 4 is 17.5 Å². The largest absolute Gasteiger partial charge is 0.416 e. The summed E-state index contributed by atoms with van der Waals surface area (Å²) in [4.78, 5) is 16.4. The maximum absolute atomic E-state index is 13.3. The molecule has 0 saturated carbocycles. The van der Waals surface area contributed by atoms with Gasteiger partial charge in [-0.2, -0.15) is 13.2 Å². The Balaban J connectivity index is 1.48. The van der Waals surface area contributed by atoms with Crippen LogP contribution in [0.5, 0.6) is 0 Å². The van der Waals surface area contributed by atoms with Gasteiger partial charge in [0.05, 0.1) is 5.56 Å². The monoisotopic (exact) mass is 426 g/mol. The number of halogens is 5. The van der Waals surface area contributed by atoms with Gasteiger partial charge in [-0.1, -0.05) is 35.9 Å². The van der Waals surface area contributed by atoms with E-state index in [0.717, 1.165) is 12.5 Å². The molecule has 2 aliphatic rings. The molecule has 1 amide bonds. The van der Waals surface area contributed by atoms with Gasteiger partial charge >= 0.3 is 6.18 Å². The molecule has 29 heavy (non-hydrogen) atoms. The van der Waals surface area contributed by atoms with Crippen LogP contribution in [0.3, 0.4) is 0 Å². The van der Waals surface area contributed by atoms with Crippen LogP contribution in [-0.4, -0.2) is 34.3 Å². The molecule has 0 N–H and O–H groups in total. The molecular formula is C21H19ClF4N2O. The third-order valence-corrected chi connectivity index (χ3v) is 6.08. The average molecular weight is 427 g/mol. The Morgan fingerprint density at radius 2 is 1.86 bits per heavy atom. The van der Waals surface area contributed by atoms with E-state index in [1.54, 1.807) is 17.0 Å². The number of amides is 1. The first-order valence-electron chi connectivity index (χ1n) is 9.36. The quantitative estimate of drug-likeness (QED) is 0.651. The van der Waals surface area contributed by atoms with Crippen LogP contribution in [0, 0.1) is 5.82 Å². The molecule has 2 fully saturated rings. The minimum absolute atomic E-state index is 0.0191. The number of hydrogen-bond donors (Lipinski definition) is 0. The summed E-state index contributed by atoms with van der Waals surface area (Å²) in [5.41, 5.74) is 0.590. The number of hydrogen-bond acceptors (Lipinski definition) is 2. The highest BCUT2D eigenvalue weighted by atomic mass is 35.5. The zero-order valence-electron chi connectivity index (χ0n) is 15.4. The molecule has 0 radical (unpaired) electrons. The molecule has 3 nitrogen and oxygen atoms in total. The molecule has 4 rings (SSSR count). The van der Waals surface area contributed by atoms with E-state index in [1.165, 1.54) is 24.3 Å². The van der Waals surface area contributed by atoms with Gasteiger partial charge in [0.2, 0.25) is 5.91 Å². The fourth-order valence-corrected chi connectivity index (χ4v) is 4.55. The number of fused-ring (bicyclic) bond motifs is 1. The summed E-state index contributed by atoms with van der Waals surface area (Å²) in [5.74, 6) is -0.452. The van der Waals surface area contributed by atoms with E-state index in [1.807, 2.05) is 0 Å². The molecule has 2 saturated heterocycles. The first kappa shape index (κ1) is 20.2. The van der Waals surface area contributed by atoms with Gasteiger partial charge in [-0.25, -0.2) is 4.39 Å². The summed E-state index contributed by atoms with van der Waals surface area (Å²) < 4.78 is 52.2. The van der Waals surface area contributed by atoms with E-state index in [9.17, 15) is 22.4 Å². The Hall–Kier alpha value is -2.12. The molecule has 0 bridgehead atoms. The fourth-order valence-electron chi connectivity index (χ4n) is 4.33. The molecule has 2 atom stereocenters. The van der Waals surface area contributed by atoms with Crippen molar-refractivity contribution in [1.82, 2.24) is 9.80 Å². The highest BCUT2D eigenvalue weighted by Crippen LogP contribution is 2.36. The molecule has 8 heteroatoms. The lowest BCUT2D eigenvalue weighted by molar-refractivity contribution is -0.137. The van der Waals surface area contributed by atoms with E-state index in [-0.39, 0.29) is 23.0 Å². The SMILES string of the molecule is O=C1C[C@H]2[C@H](CCN2Cc2cccc(C(F)(F)F)c2)N1Cc1ccc(F)cc1Cl. The van der Waals surface area contributed by atoms with Crippen molar-refractivity contribution < 1.29 is 22.4 Å². The maximum Gasteiger partial charge on any atom is 0.416 e. The molecule has 0 aliphatic carbocycles. The van der Waals surface area contributed by atoms with Crippen LogP contribution in [0.2, 0.25) is 5.02 Å². The van der Waals surface area contributed by atoms with Crippen LogP contribution in [0.1, 0.15) is 29.5 Å². The van der Waals surface area contributed by atoms with Crippen molar-refractivity contribution in [3.8, 4) is 0 Å². The second-order valence-electron chi connectivity index (χ2n) is 7.55. The highest BCUT2D eigenvalue weighted by molar-refractivity contribution is 6.31. The van der Waals surface area contributed by atoms with Gasteiger partial charge in [-0.15, -0.1) is 0 Å². The van der Waals surface area contributed by atoms with Crippen molar-refractivity contribution in [3.63, 3.8) is 0 Å². The molecule has 0 aromatic heterocycles. The minimum Gasteiger partial charge on any atom is -0.334 e. The van der Waals surface area contributed by atoms with Gasteiger partial charge in [-0.05, 0) is 35.7 Å². The van der Waals surface area contributed by atoms with Gasteiger partial charge in [0, 0.05) is 43.2 Å². The van der Waals surface area contributed by atoms with Crippen LogP contribution in [0.15, 0.2) is 42.5 Å². The van der Waals surface area contributed by atoms with Crippen LogP contribution >= 0.6 is 11.6 Å². The molecule has 2 aromatic carbocycles. The van der Waals surface area contributed by atoms with E-state index in [0.29, 0.717) is 37.2 Å². The average Bonchev–Trinajstić information content (AvgIpc) is 3.17. The molecule has 154 valence electrons. The maximum atomic E-state index is 13.3. The fraction of sp³-hybridized carbons (Fsp3) is 0.381. The molecule has 0 unspecified atom stereocenters. The lowest BCUT2D eigenvalue weighted by atomic mass is 10.1. The Kier molecular flexibility index (Phi) is 5.29. The van der Waals surface area contributed by atoms with Crippen molar-refractivity contribution in [2.75, 3.05) is 6.54 Å². The summed E-state index contributed by atoms with van der Waals surface area (Å²) in [7, 11) is 0. The summed E-state index contributed by atoms with van der Waals surface area (Å²) in [5, 5.41) is 0.278. The van der Waals surface area contributed by atoms with Crippen molar-refractivity contribution in [1.29, 1.82) is 0 Å². The number of likely N-dealkylation sites (tertiary alicyclic amines) is 2. The zero-order chi connectivity index (χ0) is 20.8. The third-order valence-electron chi connectivity index (χ3n) is 5.73. The number of nitrogens with zero attached hydrogens (tertiary/aromatic N) is 2. The third kappa shape index (κ3) is 4.12. The number of carbonyl (C=O) groups excluding carboxylic acids is 1. The van der Waals surface area contributed by atoms with Gasteiger partial charge < -0.3 is 4.90 Å². The Morgan fingerprint density at radius 3 is 2.59 bits per heavy atom. The Labute approximate surface area is 170 Å². The first-order valence-corrected chi connectivity index (χ1v) is 9.74. The standard InChI is InChI=1S/C21H19ClF4N2O/c22-17-9-16(23)5-4-14(17)12-28-18-6-7-27(19(18)10-20(28)29)11-13-2-1-3-15(8-13)21(24,25)26/h1-5,8-9,18-19H,6-7,10-12H2/t18-,19-/m0/s1. The van der Waals surface area contributed by atoms with Crippen LogP contribution in [0.25, 0.3) is 0 Å². The number of alkyl halides is 3. The molecule has 2 heterocycles. The Morgan fingerprint density at radius 1 is 1.07 bits per heavy atom. The first-order chi connectivity index (χ1) is 13.7. The van der Waals surface area contributed by atoms with Crippen molar-refractivity contribution in [3.05, 3.63) is 70.0 Å². The van der Waals surface area contributed by atoms with E-state index in [2.05, 4.69) is 4.90 Å². The topological polar surface area (TPSA) is 23.6 Å². The molecule has 2 aromatic rings. The van der Waals surface area contributed by atoms with Crippen LogP contribution in [-0.2, 0) is 24.1 Å². The van der Waals surface area contributed by atoms with E-state index in [4.69, 9.17) is 11.6 Å². The lowest BCUT2D eigenvalue weighted by Crippen LogP contribution is -2.36. The lowest BCUT2D eigenvalue weighted by Gasteiger charge is -2.26. The van der Waals surface area contributed by atoms with Gasteiger partial charge in [-0.3, -0.25) is 9.69 Å². The summed E-state index contributed by atoms with van der Waals surface area (Å²) >= 11 is 6.11. The predicted octanol–water partition coefficient (Wildman–Crippen LogP) is 4.87. The second-order valence-corrected chi connectivity index (χ2v) is 7.96. The van der Waals surface area contributed by atoms with Crippen molar-refractivity contribution in [2.45, 2.75) is 44.2 Å². The van der Waals surface area contributed by atoms with Crippen LogP contribution < -0.4 is 0 Å². The summed E-state index contributed by atoms with van der Waals surface area (Å²) in [6.07, 6.45) is -3.31. The van der Waals surface area contributed by atoms with E-state index >= 15 is 0 Å². The highest BCUT2D eigenvalue weighted by Gasteiger charge is 2.46. The van der Waals surface area contributed by atoms with Crippen molar-refractivity contribution in [2.24, 2.45) is 0 Å². The van der Waals surface area contributed by atoms with Gasteiger partial charge in [0.15, 0.2) is 0 Å². The second kappa shape index (κ2) is 7.61. The Bertz CT molecular complexity index is 933. The van der Waals surface area contributed by atoms with Crippen LogP contribution in [0.4, 0.5) is 17.6 Å². The summed E-state index contributed by atoms with van der Waals surface area (Å²) in [6, 6.07) is 9.36. The molecule has 0 spiro atoms. The predicted molar refractivity (Wildman–Crippen MR) is 101 cm³/mol. The van der Waals surface area contributed by atoms with Gasteiger partial charge in [0.1, 0.15) is 5.82 Å². The number of rotatable bonds is 4. The number of carbonyl (C=O) groups is 1. The number of benzene rings is 2. The zero-order valence-corrected chi connectivity index (χ0v) is 16.2. The smallest absolute Gasteiger partial charge is 0.334 e. The molecular weight excluding hydrogens is 408 g/mol. The summed E-state index contributed by atoms with van der Waals surface area (Å²) in [6.45, 7) is 1.37. The molecule has 2 aliphatic heterocycles. The minimum atomic E-state index is -4.38. The van der Waals surface area contributed by atoms with E-state index < -0.39 is 17.6 Å². The van der Waals surface area contributed by atoms with Gasteiger partial charge in [0.25, 0.3) is 0 Å². The normalized spacial score (nSPS) is 22.4.